The van der Waals surface area contributed by atoms with Crippen molar-refractivity contribution in [1.82, 2.24) is 20.6 Å². The fourth-order valence-corrected chi connectivity index (χ4v) is 3.41. The number of carbonyl (C=O) groups excluding carboxylic acids is 2. The zero-order valence-electron chi connectivity index (χ0n) is 20.8. The van der Waals surface area contributed by atoms with E-state index in [9.17, 15) is 14.4 Å². The molecule has 0 bridgehead atoms. The van der Waals surface area contributed by atoms with Crippen LogP contribution in [0.4, 0.5) is 26.9 Å². The molecule has 0 atom stereocenters. The highest BCUT2D eigenvalue weighted by molar-refractivity contribution is 5.87. The van der Waals surface area contributed by atoms with Crippen LogP contribution in [0.25, 0.3) is 0 Å². The molecule has 11 nitrogen and oxygen atoms in total. The predicted molar refractivity (Wildman–Crippen MR) is 138 cm³/mol. The lowest BCUT2D eigenvalue weighted by atomic mass is 10.1. The highest BCUT2D eigenvalue weighted by Crippen LogP contribution is 2.20. The van der Waals surface area contributed by atoms with Crippen LogP contribution in [-0.2, 0) is 4.74 Å². The number of anilines is 3. The number of nitrogens with two attached hydrogens (primary N) is 1. The molecule has 0 aliphatic heterocycles. The monoisotopic (exact) mass is 487 g/mol. The molecule has 0 radical (unpaired) electrons. The van der Waals surface area contributed by atoms with Gasteiger partial charge < -0.3 is 26.0 Å². The van der Waals surface area contributed by atoms with Crippen molar-refractivity contribution in [3.8, 4) is 0 Å². The Morgan fingerprint density at radius 3 is 2.46 bits per heavy atom. The molecule has 1 aromatic carbocycles. The van der Waals surface area contributed by atoms with Gasteiger partial charge in [-0.1, -0.05) is 12.8 Å². The second-order valence-electron chi connectivity index (χ2n) is 8.21. The van der Waals surface area contributed by atoms with Crippen LogP contribution in [0.5, 0.6) is 0 Å². The van der Waals surface area contributed by atoms with Crippen molar-refractivity contribution >= 4 is 29.4 Å². The zero-order chi connectivity index (χ0) is 25.6. The summed E-state index contributed by atoms with van der Waals surface area (Å²) in [5, 5.41) is 7.99. The Hall–Kier alpha value is -3.76. The Kier molecular flexibility index (Phi) is 11.4. The molecular formula is C24H37N7O4. The number of nitrogens with one attached hydrogen (secondary N) is 4. The van der Waals surface area contributed by atoms with Crippen molar-refractivity contribution in [2.24, 2.45) is 0 Å². The maximum absolute atomic E-state index is 11.9. The number of nitrogen functional groups attached to an aromatic ring is 1. The molecule has 2 rings (SSSR count). The van der Waals surface area contributed by atoms with Crippen LogP contribution in [0.3, 0.4) is 0 Å². The van der Waals surface area contributed by atoms with Crippen molar-refractivity contribution in [2.45, 2.75) is 46.5 Å². The molecule has 0 unspecified atom stereocenters. The minimum absolute atomic E-state index is 0.119. The standard InChI is InChI=1S/C24H37N7O4/c1-4-31(19-9-10-20(25)17(2)15-19)13-14-35-24(34)27-12-8-6-5-7-11-26-23(33)30-22-28-18(3)16-21(32)29-22/h9-10,15-16H,4-8,11-14,25H2,1-3H3,(H,27,34)(H3,26,28,29,30,32,33). The number of alkyl carbamates (subject to hydrolysis) is 1. The number of urea groups is 1. The van der Waals surface area contributed by atoms with E-state index in [2.05, 4.69) is 37.7 Å². The number of H-pyrrole nitrogens is 1. The van der Waals surface area contributed by atoms with E-state index in [4.69, 9.17) is 10.5 Å². The molecular weight excluding hydrogens is 450 g/mol. The number of hydrogen-bond acceptors (Lipinski definition) is 7. The summed E-state index contributed by atoms with van der Waals surface area (Å²) in [5.74, 6) is 0.119. The zero-order valence-corrected chi connectivity index (χ0v) is 20.8. The smallest absolute Gasteiger partial charge is 0.407 e. The van der Waals surface area contributed by atoms with Crippen LogP contribution in [0.15, 0.2) is 29.1 Å². The molecule has 11 heteroatoms. The maximum atomic E-state index is 11.9. The van der Waals surface area contributed by atoms with Crippen molar-refractivity contribution in [3.63, 3.8) is 0 Å². The molecule has 0 saturated heterocycles. The molecule has 0 fully saturated rings. The average Bonchev–Trinajstić information content (AvgIpc) is 2.79. The minimum Gasteiger partial charge on any atom is -0.448 e. The summed E-state index contributed by atoms with van der Waals surface area (Å²) in [6.07, 6.45) is 3.02. The number of aromatic amines is 1. The number of ether oxygens (including phenoxy) is 1. The fraction of sp³-hybridized carbons (Fsp3) is 0.500. The van der Waals surface area contributed by atoms with Gasteiger partial charge in [0.1, 0.15) is 6.61 Å². The summed E-state index contributed by atoms with van der Waals surface area (Å²) in [4.78, 5) is 43.8. The molecule has 0 saturated carbocycles. The van der Waals surface area contributed by atoms with E-state index in [1.807, 2.05) is 25.1 Å². The van der Waals surface area contributed by atoms with E-state index in [0.717, 1.165) is 49.2 Å². The van der Waals surface area contributed by atoms with E-state index in [-0.39, 0.29) is 11.5 Å². The topological polar surface area (TPSA) is 154 Å². The summed E-state index contributed by atoms with van der Waals surface area (Å²) in [6, 6.07) is 6.82. The van der Waals surface area contributed by atoms with E-state index < -0.39 is 12.1 Å². The van der Waals surface area contributed by atoms with Gasteiger partial charge in [-0.2, -0.15) is 0 Å². The number of nitrogens with zero attached hydrogens (tertiary/aromatic N) is 2. The third kappa shape index (κ3) is 10.4. The van der Waals surface area contributed by atoms with Crippen LogP contribution in [-0.4, -0.2) is 54.9 Å². The van der Waals surface area contributed by atoms with E-state index >= 15 is 0 Å². The van der Waals surface area contributed by atoms with Gasteiger partial charge in [-0.05, 0) is 57.4 Å². The number of benzene rings is 1. The number of unbranched alkanes of at least 4 members (excludes halogenated alkanes) is 3. The summed E-state index contributed by atoms with van der Waals surface area (Å²) >= 11 is 0. The van der Waals surface area contributed by atoms with Gasteiger partial charge in [-0.25, -0.2) is 14.6 Å². The number of aryl methyl sites for hydroxylation is 2. The molecule has 1 heterocycles. The van der Waals surface area contributed by atoms with Gasteiger partial charge in [0.25, 0.3) is 5.56 Å². The van der Waals surface area contributed by atoms with Gasteiger partial charge in [0.15, 0.2) is 0 Å². The highest BCUT2D eigenvalue weighted by atomic mass is 16.5. The number of aromatic nitrogens is 2. The summed E-state index contributed by atoms with van der Waals surface area (Å²) in [7, 11) is 0. The van der Waals surface area contributed by atoms with Crippen molar-refractivity contribution < 1.29 is 14.3 Å². The summed E-state index contributed by atoms with van der Waals surface area (Å²) in [5.41, 5.74) is 8.93. The lowest BCUT2D eigenvalue weighted by molar-refractivity contribution is 0.148. The fourth-order valence-electron chi connectivity index (χ4n) is 3.41. The number of hydrogen-bond donors (Lipinski definition) is 5. The van der Waals surface area contributed by atoms with Crippen LogP contribution in [0.2, 0.25) is 0 Å². The quantitative estimate of drug-likeness (QED) is 0.215. The molecule has 3 amide bonds. The van der Waals surface area contributed by atoms with Gasteiger partial charge >= 0.3 is 12.1 Å². The summed E-state index contributed by atoms with van der Waals surface area (Å²) in [6.45, 7) is 8.43. The second-order valence-corrected chi connectivity index (χ2v) is 8.21. The summed E-state index contributed by atoms with van der Waals surface area (Å²) < 4.78 is 5.29. The molecule has 2 aromatic rings. The van der Waals surface area contributed by atoms with E-state index in [1.165, 1.54) is 6.07 Å². The first-order valence-electron chi connectivity index (χ1n) is 11.9. The van der Waals surface area contributed by atoms with Crippen molar-refractivity contribution in [1.29, 1.82) is 0 Å². The van der Waals surface area contributed by atoms with E-state index in [0.29, 0.717) is 31.9 Å². The predicted octanol–water partition coefficient (Wildman–Crippen LogP) is 2.90. The third-order valence-electron chi connectivity index (χ3n) is 5.35. The van der Waals surface area contributed by atoms with Crippen LogP contribution in [0, 0.1) is 13.8 Å². The Morgan fingerprint density at radius 1 is 1.09 bits per heavy atom. The van der Waals surface area contributed by atoms with Crippen LogP contribution < -0.4 is 32.1 Å². The Bertz CT molecular complexity index is 1030. The molecule has 0 aliphatic carbocycles. The van der Waals surface area contributed by atoms with Gasteiger partial charge in [0.2, 0.25) is 5.95 Å². The number of carbonyl (C=O) groups is 2. The molecule has 6 N–H and O–H groups in total. The first-order chi connectivity index (χ1) is 16.8. The van der Waals surface area contributed by atoms with Gasteiger partial charge in [-0.15, -0.1) is 0 Å². The first kappa shape index (κ1) is 27.5. The minimum atomic E-state index is -0.421. The normalized spacial score (nSPS) is 10.5. The SMILES string of the molecule is CCN(CCOC(=O)NCCCCCCNC(=O)Nc1nc(C)cc(=O)[nH]1)c1ccc(N)c(C)c1. The maximum Gasteiger partial charge on any atom is 0.407 e. The third-order valence-corrected chi connectivity index (χ3v) is 5.35. The number of rotatable bonds is 13. The van der Waals surface area contributed by atoms with Crippen LogP contribution in [0.1, 0.15) is 43.9 Å². The Balaban J connectivity index is 1.50. The van der Waals surface area contributed by atoms with Crippen molar-refractivity contribution in [3.05, 3.63) is 45.9 Å². The van der Waals surface area contributed by atoms with Crippen LogP contribution >= 0.6 is 0 Å². The Morgan fingerprint density at radius 2 is 1.80 bits per heavy atom. The lowest BCUT2D eigenvalue weighted by Gasteiger charge is -2.23. The number of amides is 3. The average molecular weight is 488 g/mol. The molecule has 35 heavy (non-hydrogen) atoms. The first-order valence-corrected chi connectivity index (χ1v) is 11.9. The molecule has 0 aliphatic rings. The van der Waals surface area contributed by atoms with Gasteiger partial charge in [0, 0.05) is 42.8 Å². The second kappa shape index (κ2) is 14.5. The van der Waals surface area contributed by atoms with Gasteiger partial charge in [0.05, 0.1) is 6.54 Å². The van der Waals surface area contributed by atoms with E-state index in [1.54, 1.807) is 6.92 Å². The molecule has 0 spiro atoms. The highest BCUT2D eigenvalue weighted by Gasteiger charge is 2.08. The van der Waals surface area contributed by atoms with Crippen molar-refractivity contribution in [2.75, 3.05) is 48.7 Å². The largest absolute Gasteiger partial charge is 0.448 e. The molecule has 192 valence electrons. The Labute approximate surface area is 205 Å². The number of likely N-dealkylation sites (N-methyl/N-ethyl adjacent to an activating group) is 1. The lowest BCUT2D eigenvalue weighted by Crippen LogP contribution is -2.31. The molecule has 1 aromatic heterocycles. The van der Waals surface area contributed by atoms with Gasteiger partial charge in [-0.3, -0.25) is 15.1 Å².